The van der Waals surface area contributed by atoms with Gasteiger partial charge in [0.25, 0.3) is 0 Å². The molecule has 4 aliphatic carbocycles. The lowest BCUT2D eigenvalue weighted by Crippen LogP contribution is -2.03. The molecule has 0 spiro atoms. The van der Waals surface area contributed by atoms with Crippen LogP contribution in [-0.4, -0.2) is 0 Å². The molecule has 0 saturated carbocycles. The summed E-state index contributed by atoms with van der Waals surface area (Å²) in [5.41, 5.74) is 12.3. The van der Waals surface area contributed by atoms with Crippen molar-refractivity contribution in [2.24, 2.45) is 0 Å². The van der Waals surface area contributed by atoms with Crippen molar-refractivity contribution in [2.45, 2.75) is 25.7 Å². The molecule has 0 radical (unpaired) electrons. The summed E-state index contributed by atoms with van der Waals surface area (Å²) in [5, 5.41) is 3.18. The summed E-state index contributed by atoms with van der Waals surface area (Å²) >= 11 is 0. The first-order valence-corrected chi connectivity index (χ1v) is 8.29. The number of benzene rings is 2. The van der Waals surface area contributed by atoms with Crippen LogP contribution >= 0.6 is 0 Å². The first-order valence-electron chi connectivity index (χ1n) is 8.29. The van der Waals surface area contributed by atoms with E-state index in [0.717, 1.165) is 25.7 Å². The summed E-state index contributed by atoms with van der Waals surface area (Å²) in [6, 6.07) is 0. The van der Waals surface area contributed by atoms with E-state index in [1.54, 1.807) is 33.0 Å². The largest absolute Gasteiger partial charge is 0.0795 e. The van der Waals surface area contributed by atoms with E-state index in [2.05, 4.69) is 48.6 Å². The minimum absolute atomic E-state index is 1.10. The molecule has 0 heteroatoms. The SMILES string of the molecule is C1=Cc2c3c(c4c5c(c6c(c4c2C1)CC=C6)C=CC5)CC=C3. The molecule has 22 heavy (non-hydrogen) atoms. The number of rotatable bonds is 0. The summed E-state index contributed by atoms with van der Waals surface area (Å²) in [6.45, 7) is 0. The van der Waals surface area contributed by atoms with Gasteiger partial charge in [0.2, 0.25) is 0 Å². The highest BCUT2D eigenvalue weighted by Gasteiger charge is 2.28. The van der Waals surface area contributed by atoms with Gasteiger partial charge in [0.05, 0.1) is 0 Å². The Kier molecular flexibility index (Phi) is 1.89. The Morgan fingerprint density at radius 2 is 0.682 bits per heavy atom. The van der Waals surface area contributed by atoms with Crippen molar-refractivity contribution in [1.29, 1.82) is 0 Å². The first-order chi connectivity index (χ1) is 10.9. The van der Waals surface area contributed by atoms with Crippen LogP contribution in [0.5, 0.6) is 0 Å². The summed E-state index contributed by atoms with van der Waals surface area (Å²) in [4.78, 5) is 0. The predicted octanol–water partition coefficient (Wildman–Crippen LogP) is 5.12. The van der Waals surface area contributed by atoms with Crippen molar-refractivity contribution >= 4 is 35.1 Å². The van der Waals surface area contributed by atoms with Crippen molar-refractivity contribution in [3.05, 3.63) is 68.8 Å². The molecular formula is C22H16. The van der Waals surface area contributed by atoms with Crippen LogP contribution in [-0.2, 0) is 25.7 Å². The summed E-state index contributed by atoms with van der Waals surface area (Å²) in [6.07, 6.45) is 23.2. The number of hydrogen-bond acceptors (Lipinski definition) is 0. The molecule has 0 nitrogen and oxygen atoms in total. The zero-order chi connectivity index (χ0) is 14.3. The summed E-state index contributed by atoms with van der Waals surface area (Å²) < 4.78 is 0. The standard InChI is InChI=1S/C22H16/c1-5-13-14-6-2-10-18(14)22-20-12-4-8-16(20)15-7-3-11-19(15)21(22)17(13)9-1/h1-8H,9-12H2. The Bertz CT molecular complexity index is 846. The number of allylic oxidation sites excluding steroid dienone is 4. The molecular weight excluding hydrogens is 264 g/mol. The Balaban J connectivity index is 1.91. The van der Waals surface area contributed by atoms with E-state index in [1.807, 2.05) is 0 Å². The quantitative estimate of drug-likeness (QED) is 0.628. The number of hydrogen-bond donors (Lipinski definition) is 0. The zero-order valence-electron chi connectivity index (χ0n) is 12.4. The third-order valence-corrected chi connectivity index (χ3v) is 5.76. The Labute approximate surface area is 130 Å². The van der Waals surface area contributed by atoms with Gasteiger partial charge in [-0.3, -0.25) is 0 Å². The lowest BCUT2D eigenvalue weighted by molar-refractivity contribution is 1.23. The molecule has 0 aromatic heterocycles. The van der Waals surface area contributed by atoms with Gasteiger partial charge < -0.3 is 0 Å². The lowest BCUT2D eigenvalue weighted by atomic mass is 9.83. The Hall–Kier alpha value is -2.34. The fraction of sp³-hybridized carbons (Fsp3) is 0.182. The molecule has 6 rings (SSSR count). The summed E-state index contributed by atoms with van der Waals surface area (Å²) in [7, 11) is 0. The van der Waals surface area contributed by atoms with Gasteiger partial charge in [-0.1, -0.05) is 48.6 Å². The van der Waals surface area contributed by atoms with Gasteiger partial charge in [0, 0.05) is 0 Å². The van der Waals surface area contributed by atoms with Crippen LogP contribution < -0.4 is 0 Å². The minimum atomic E-state index is 1.10. The molecule has 2 aromatic rings. The van der Waals surface area contributed by atoms with Crippen LogP contribution in [0.3, 0.4) is 0 Å². The molecule has 4 aliphatic rings. The van der Waals surface area contributed by atoms with Gasteiger partial charge >= 0.3 is 0 Å². The zero-order valence-corrected chi connectivity index (χ0v) is 12.4. The average molecular weight is 280 g/mol. The Morgan fingerprint density at radius 1 is 0.409 bits per heavy atom. The second-order valence-electron chi connectivity index (χ2n) is 6.74. The average Bonchev–Trinajstić information content (AvgIpc) is 3.28. The lowest BCUT2D eigenvalue weighted by Gasteiger charge is -2.20. The van der Waals surface area contributed by atoms with Crippen molar-refractivity contribution < 1.29 is 0 Å². The molecule has 0 heterocycles. The third-order valence-electron chi connectivity index (χ3n) is 5.76. The molecule has 0 bridgehead atoms. The van der Waals surface area contributed by atoms with Gasteiger partial charge in [0.1, 0.15) is 0 Å². The maximum absolute atomic E-state index is 2.35. The fourth-order valence-electron chi connectivity index (χ4n) is 4.94. The van der Waals surface area contributed by atoms with Gasteiger partial charge in [-0.05, 0) is 81.0 Å². The van der Waals surface area contributed by atoms with Crippen LogP contribution in [0.4, 0.5) is 0 Å². The maximum atomic E-state index is 2.35. The van der Waals surface area contributed by atoms with Gasteiger partial charge in [-0.25, -0.2) is 0 Å². The smallest absolute Gasteiger partial charge is 0.00817 e. The van der Waals surface area contributed by atoms with Gasteiger partial charge in [-0.2, -0.15) is 0 Å². The highest BCUT2D eigenvalue weighted by molar-refractivity contribution is 6.06. The van der Waals surface area contributed by atoms with E-state index in [0.29, 0.717) is 0 Å². The molecule has 2 aromatic carbocycles. The number of fused-ring (bicyclic) bond motifs is 11. The first kappa shape index (κ1) is 11.3. The van der Waals surface area contributed by atoms with Crippen molar-refractivity contribution in [3.63, 3.8) is 0 Å². The molecule has 0 fully saturated rings. The van der Waals surface area contributed by atoms with Gasteiger partial charge in [0.15, 0.2) is 0 Å². The maximum Gasteiger partial charge on any atom is -0.00817 e. The van der Waals surface area contributed by atoms with Crippen LogP contribution in [0, 0.1) is 0 Å². The molecule has 0 atom stereocenters. The molecule has 0 saturated heterocycles. The molecule has 104 valence electrons. The van der Waals surface area contributed by atoms with Gasteiger partial charge in [-0.15, -0.1) is 0 Å². The van der Waals surface area contributed by atoms with Crippen LogP contribution in [0.2, 0.25) is 0 Å². The van der Waals surface area contributed by atoms with E-state index >= 15 is 0 Å². The molecule has 0 amide bonds. The second kappa shape index (κ2) is 3.70. The fourth-order valence-corrected chi connectivity index (χ4v) is 4.94. The minimum Gasteiger partial charge on any atom is -0.0795 e. The van der Waals surface area contributed by atoms with Crippen LogP contribution in [0.25, 0.3) is 35.1 Å². The monoisotopic (exact) mass is 280 g/mol. The van der Waals surface area contributed by atoms with E-state index in [-0.39, 0.29) is 0 Å². The van der Waals surface area contributed by atoms with E-state index in [1.165, 1.54) is 22.3 Å². The highest BCUT2D eigenvalue weighted by Crippen LogP contribution is 2.46. The Morgan fingerprint density at radius 3 is 0.955 bits per heavy atom. The van der Waals surface area contributed by atoms with Crippen molar-refractivity contribution in [1.82, 2.24) is 0 Å². The van der Waals surface area contributed by atoms with Crippen molar-refractivity contribution in [2.75, 3.05) is 0 Å². The molecule has 0 aliphatic heterocycles. The molecule has 0 N–H and O–H groups in total. The second-order valence-corrected chi connectivity index (χ2v) is 6.74. The van der Waals surface area contributed by atoms with E-state index in [4.69, 9.17) is 0 Å². The van der Waals surface area contributed by atoms with Crippen LogP contribution in [0.1, 0.15) is 44.5 Å². The van der Waals surface area contributed by atoms with E-state index in [9.17, 15) is 0 Å². The van der Waals surface area contributed by atoms with Crippen molar-refractivity contribution in [3.8, 4) is 0 Å². The highest BCUT2D eigenvalue weighted by atomic mass is 14.3. The third kappa shape index (κ3) is 1.14. The van der Waals surface area contributed by atoms with E-state index < -0.39 is 0 Å². The molecule has 0 unspecified atom stereocenters. The van der Waals surface area contributed by atoms with Crippen LogP contribution in [0.15, 0.2) is 24.3 Å². The summed E-state index contributed by atoms with van der Waals surface area (Å²) in [5.74, 6) is 0. The predicted molar refractivity (Wildman–Crippen MR) is 94.9 cm³/mol. The normalized spacial score (nSPS) is 18.4. The topological polar surface area (TPSA) is 0 Å².